The molecule has 0 saturated heterocycles. The predicted molar refractivity (Wildman–Crippen MR) is 74.1 cm³/mol. The molecule has 2 aromatic heterocycles. The quantitative estimate of drug-likeness (QED) is 0.852. The Labute approximate surface area is 116 Å². The lowest BCUT2D eigenvalue weighted by Gasteiger charge is -2.31. The monoisotopic (exact) mass is 278 g/mol. The predicted octanol–water partition coefficient (Wildman–Crippen LogP) is 1.62. The van der Waals surface area contributed by atoms with E-state index in [1.807, 2.05) is 23.3 Å². The zero-order valence-electron chi connectivity index (χ0n) is 11.2. The Morgan fingerprint density at radius 1 is 1.53 bits per heavy atom. The summed E-state index contributed by atoms with van der Waals surface area (Å²) in [6, 6.07) is 0. The van der Waals surface area contributed by atoms with Crippen molar-refractivity contribution < 1.29 is 4.74 Å². The van der Waals surface area contributed by atoms with Crippen molar-refractivity contribution in [2.75, 3.05) is 20.3 Å². The Hall–Kier alpha value is -1.24. The lowest BCUT2D eigenvalue weighted by molar-refractivity contribution is 0.135. The van der Waals surface area contributed by atoms with Gasteiger partial charge in [-0.3, -0.25) is 9.58 Å². The molecule has 0 fully saturated rings. The fraction of sp³-hybridized carbons (Fsp3) is 0.538. The first-order valence-electron chi connectivity index (χ1n) is 6.38. The summed E-state index contributed by atoms with van der Waals surface area (Å²) in [5.74, 6) is 0.405. The van der Waals surface area contributed by atoms with Gasteiger partial charge in [-0.05, 0) is 0 Å². The SMILES string of the molecule is COC[C@@H]1CN(Cc2nccs2)Cc2nn(C)cc21. The van der Waals surface area contributed by atoms with Crippen LogP contribution in [0.1, 0.15) is 22.2 Å². The van der Waals surface area contributed by atoms with Crippen LogP contribution in [0, 0.1) is 0 Å². The van der Waals surface area contributed by atoms with Gasteiger partial charge in [-0.1, -0.05) is 0 Å². The fourth-order valence-corrected chi connectivity index (χ4v) is 3.35. The lowest BCUT2D eigenvalue weighted by atomic mass is 9.96. The smallest absolute Gasteiger partial charge is 0.107 e. The van der Waals surface area contributed by atoms with Gasteiger partial charge in [0.05, 0.1) is 18.8 Å². The van der Waals surface area contributed by atoms with Crippen LogP contribution >= 0.6 is 11.3 Å². The first-order valence-corrected chi connectivity index (χ1v) is 7.26. The summed E-state index contributed by atoms with van der Waals surface area (Å²) in [7, 11) is 3.74. The second-order valence-corrected chi connectivity index (χ2v) is 5.93. The van der Waals surface area contributed by atoms with Crippen molar-refractivity contribution in [3.63, 3.8) is 0 Å². The zero-order chi connectivity index (χ0) is 13.2. The normalized spacial score (nSPS) is 19.6. The van der Waals surface area contributed by atoms with Gasteiger partial charge in [0.2, 0.25) is 0 Å². The number of hydrogen-bond acceptors (Lipinski definition) is 5. The Kier molecular flexibility index (Phi) is 3.63. The molecule has 0 aromatic carbocycles. The molecule has 3 rings (SSSR count). The highest BCUT2D eigenvalue weighted by Gasteiger charge is 2.28. The van der Waals surface area contributed by atoms with Crippen LogP contribution in [-0.4, -0.2) is 39.9 Å². The largest absolute Gasteiger partial charge is 0.384 e. The molecule has 1 aliphatic rings. The summed E-state index contributed by atoms with van der Waals surface area (Å²) in [4.78, 5) is 6.76. The molecule has 0 saturated carbocycles. The second kappa shape index (κ2) is 5.40. The first kappa shape index (κ1) is 12.8. The first-order chi connectivity index (χ1) is 9.26. The molecule has 0 radical (unpaired) electrons. The highest BCUT2D eigenvalue weighted by molar-refractivity contribution is 7.09. The highest BCUT2D eigenvalue weighted by atomic mass is 32.1. The van der Waals surface area contributed by atoms with E-state index in [9.17, 15) is 0 Å². The lowest BCUT2D eigenvalue weighted by Crippen LogP contribution is -2.34. The number of nitrogens with zero attached hydrogens (tertiary/aromatic N) is 4. The number of ether oxygens (including phenoxy) is 1. The van der Waals surface area contributed by atoms with Crippen LogP contribution in [0.15, 0.2) is 17.8 Å². The van der Waals surface area contributed by atoms with E-state index in [1.54, 1.807) is 18.4 Å². The molecule has 0 aliphatic carbocycles. The fourth-order valence-electron chi connectivity index (χ4n) is 2.69. The van der Waals surface area contributed by atoms with Gasteiger partial charge in [0, 0.05) is 56.5 Å². The summed E-state index contributed by atoms with van der Waals surface area (Å²) in [6.07, 6.45) is 3.99. The van der Waals surface area contributed by atoms with Crippen LogP contribution in [0.4, 0.5) is 0 Å². The molecule has 6 heteroatoms. The van der Waals surface area contributed by atoms with E-state index in [4.69, 9.17) is 4.74 Å². The Morgan fingerprint density at radius 2 is 2.42 bits per heavy atom. The minimum absolute atomic E-state index is 0.405. The van der Waals surface area contributed by atoms with Crippen molar-refractivity contribution in [3.8, 4) is 0 Å². The molecular formula is C13H18N4OS. The Bertz CT molecular complexity index is 537. The van der Waals surface area contributed by atoms with Crippen LogP contribution in [0.3, 0.4) is 0 Å². The average Bonchev–Trinajstić information content (AvgIpc) is 2.98. The van der Waals surface area contributed by atoms with Crippen LogP contribution in [-0.2, 0) is 24.9 Å². The number of hydrogen-bond donors (Lipinski definition) is 0. The molecule has 1 atom stereocenters. The molecule has 0 spiro atoms. The molecular weight excluding hydrogens is 260 g/mol. The molecule has 3 heterocycles. The topological polar surface area (TPSA) is 43.2 Å². The highest BCUT2D eigenvalue weighted by Crippen LogP contribution is 2.28. The van der Waals surface area contributed by atoms with Gasteiger partial charge < -0.3 is 4.74 Å². The maximum atomic E-state index is 5.35. The number of rotatable bonds is 4. The molecule has 0 unspecified atom stereocenters. The van der Waals surface area contributed by atoms with E-state index in [0.717, 1.165) is 31.2 Å². The molecule has 19 heavy (non-hydrogen) atoms. The van der Waals surface area contributed by atoms with E-state index in [-0.39, 0.29) is 0 Å². The molecule has 2 aromatic rings. The van der Waals surface area contributed by atoms with E-state index >= 15 is 0 Å². The number of methoxy groups -OCH3 is 1. The summed E-state index contributed by atoms with van der Waals surface area (Å²) in [5, 5.41) is 7.75. The number of thiazole rings is 1. The van der Waals surface area contributed by atoms with Crippen molar-refractivity contribution >= 4 is 11.3 Å². The Balaban J connectivity index is 1.79. The van der Waals surface area contributed by atoms with Crippen molar-refractivity contribution in [3.05, 3.63) is 34.0 Å². The summed E-state index contributed by atoms with van der Waals surface area (Å²) < 4.78 is 7.26. The van der Waals surface area contributed by atoms with Gasteiger partial charge >= 0.3 is 0 Å². The maximum absolute atomic E-state index is 5.35. The minimum atomic E-state index is 0.405. The van der Waals surface area contributed by atoms with Gasteiger partial charge in [-0.15, -0.1) is 11.3 Å². The van der Waals surface area contributed by atoms with Gasteiger partial charge in [-0.2, -0.15) is 5.10 Å². The van der Waals surface area contributed by atoms with Crippen LogP contribution < -0.4 is 0 Å². The van der Waals surface area contributed by atoms with Gasteiger partial charge in [0.15, 0.2) is 0 Å². The van der Waals surface area contributed by atoms with Crippen molar-refractivity contribution in [2.45, 2.75) is 19.0 Å². The standard InChI is InChI=1S/C13H18N4OS/c1-16-6-11-10(9-18-2)5-17(7-12(11)15-16)8-13-14-3-4-19-13/h3-4,6,10H,5,7-9H2,1-2H3/t10-/m0/s1. The summed E-state index contributed by atoms with van der Waals surface area (Å²) in [5.41, 5.74) is 2.51. The molecule has 1 aliphatic heterocycles. The average molecular weight is 278 g/mol. The van der Waals surface area contributed by atoms with Gasteiger partial charge in [0.25, 0.3) is 0 Å². The van der Waals surface area contributed by atoms with E-state index < -0.39 is 0 Å². The van der Waals surface area contributed by atoms with Crippen molar-refractivity contribution in [1.82, 2.24) is 19.7 Å². The number of aromatic nitrogens is 3. The molecule has 5 nitrogen and oxygen atoms in total. The van der Waals surface area contributed by atoms with E-state index in [1.165, 1.54) is 11.3 Å². The van der Waals surface area contributed by atoms with Gasteiger partial charge in [0.1, 0.15) is 5.01 Å². The van der Waals surface area contributed by atoms with Crippen LogP contribution in [0.5, 0.6) is 0 Å². The third kappa shape index (κ3) is 2.70. The molecule has 0 bridgehead atoms. The zero-order valence-corrected chi connectivity index (χ0v) is 12.1. The molecule has 0 N–H and O–H groups in total. The molecule has 102 valence electrons. The van der Waals surface area contributed by atoms with E-state index in [0.29, 0.717) is 5.92 Å². The number of aryl methyl sites for hydroxylation is 1. The third-order valence-corrected chi connectivity index (χ3v) is 4.20. The minimum Gasteiger partial charge on any atom is -0.384 e. The van der Waals surface area contributed by atoms with Crippen molar-refractivity contribution in [2.24, 2.45) is 7.05 Å². The van der Waals surface area contributed by atoms with E-state index in [2.05, 4.69) is 21.2 Å². The number of fused-ring (bicyclic) bond motifs is 1. The van der Waals surface area contributed by atoms with Gasteiger partial charge in [-0.25, -0.2) is 4.98 Å². The third-order valence-electron chi connectivity index (χ3n) is 3.44. The molecule has 0 amide bonds. The Morgan fingerprint density at radius 3 is 3.16 bits per heavy atom. The second-order valence-electron chi connectivity index (χ2n) is 4.95. The summed E-state index contributed by atoms with van der Waals surface area (Å²) in [6.45, 7) is 3.54. The maximum Gasteiger partial charge on any atom is 0.107 e. The van der Waals surface area contributed by atoms with Crippen LogP contribution in [0.2, 0.25) is 0 Å². The summed E-state index contributed by atoms with van der Waals surface area (Å²) >= 11 is 1.71. The van der Waals surface area contributed by atoms with Crippen LogP contribution in [0.25, 0.3) is 0 Å². The van der Waals surface area contributed by atoms with Crippen molar-refractivity contribution in [1.29, 1.82) is 0 Å².